The lowest BCUT2D eigenvalue weighted by molar-refractivity contribution is 0.0831. The first-order valence-electron chi connectivity index (χ1n) is 6.79. The molecular formula is C15H22N2. The molecule has 1 aliphatic heterocycles. The molecule has 2 N–H and O–H groups in total. The number of benzene rings is 1. The molecule has 92 valence electrons. The van der Waals surface area contributed by atoms with Crippen molar-refractivity contribution in [3.63, 3.8) is 0 Å². The van der Waals surface area contributed by atoms with E-state index in [1.807, 2.05) is 0 Å². The van der Waals surface area contributed by atoms with Crippen LogP contribution in [0.1, 0.15) is 31.2 Å². The predicted octanol–water partition coefficient (Wildman–Crippen LogP) is 2.39. The minimum atomic E-state index is 0.250. The predicted molar refractivity (Wildman–Crippen MR) is 70.6 cm³/mol. The van der Waals surface area contributed by atoms with E-state index in [9.17, 15) is 0 Å². The number of hydrogen-bond acceptors (Lipinski definition) is 2. The summed E-state index contributed by atoms with van der Waals surface area (Å²) in [5.41, 5.74) is 7.80. The smallest absolute Gasteiger partial charge is 0.0233 e. The molecule has 0 spiro atoms. The van der Waals surface area contributed by atoms with E-state index in [-0.39, 0.29) is 5.54 Å². The van der Waals surface area contributed by atoms with Crippen molar-refractivity contribution in [1.29, 1.82) is 0 Å². The minimum absolute atomic E-state index is 0.250. The van der Waals surface area contributed by atoms with Crippen molar-refractivity contribution in [2.45, 2.75) is 37.8 Å². The normalized spacial score (nSPS) is 23.4. The molecule has 1 heterocycles. The third kappa shape index (κ3) is 2.88. The second kappa shape index (κ2) is 4.43. The van der Waals surface area contributed by atoms with Crippen molar-refractivity contribution < 1.29 is 0 Å². The molecule has 3 rings (SSSR count). The second-order valence-corrected chi connectivity index (χ2v) is 5.95. The quantitative estimate of drug-likeness (QED) is 0.841. The van der Waals surface area contributed by atoms with Crippen molar-refractivity contribution in [2.24, 2.45) is 11.7 Å². The van der Waals surface area contributed by atoms with Crippen molar-refractivity contribution in [2.75, 3.05) is 13.1 Å². The van der Waals surface area contributed by atoms with Gasteiger partial charge in [0.15, 0.2) is 0 Å². The molecule has 0 aromatic heterocycles. The van der Waals surface area contributed by atoms with Crippen molar-refractivity contribution in [3.05, 3.63) is 35.9 Å². The van der Waals surface area contributed by atoms with Gasteiger partial charge in [-0.2, -0.15) is 0 Å². The molecule has 0 amide bonds. The van der Waals surface area contributed by atoms with E-state index in [2.05, 4.69) is 35.2 Å². The van der Waals surface area contributed by atoms with E-state index < -0.39 is 0 Å². The van der Waals surface area contributed by atoms with Gasteiger partial charge in [0.2, 0.25) is 0 Å². The first kappa shape index (κ1) is 11.2. The molecule has 2 aliphatic rings. The largest absolute Gasteiger partial charge is 0.325 e. The van der Waals surface area contributed by atoms with Gasteiger partial charge in [-0.1, -0.05) is 30.3 Å². The maximum Gasteiger partial charge on any atom is 0.0233 e. The summed E-state index contributed by atoms with van der Waals surface area (Å²) in [6.45, 7) is 3.65. The van der Waals surface area contributed by atoms with Crippen LogP contribution in [-0.4, -0.2) is 23.5 Å². The van der Waals surface area contributed by atoms with Crippen molar-refractivity contribution in [3.8, 4) is 0 Å². The third-order valence-electron chi connectivity index (χ3n) is 4.22. The van der Waals surface area contributed by atoms with Crippen LogP contribution >= 0.6 is 0 Å². The van der Waals surface area contributed by atoms with Crippen LogP contribution in [0, 0.1) is 5.92 Å². The summed E-state index contributed by atoms with van der Waals surface area (Å²) in [4.78, 5) is 2.54. The third-order valence-corrected chi connectivity index (χ3v) is 4.22. The van der Waals surface area contributed by atoms with Crippen LogP contribution in [0.5, 0.6) is 0 Å². The van der Waals surface area contributed by atoms with E-state index in [1.54, 1.807) is 0 Å². The van der Waals surface area contributed by atoms with E-state index in [4.69, 9.17) is 5.73 Å². The Labute approximate surface area is 104 Å². The van der Waals surface area contributed by atoms with Crippen LogP contribution in [0.25, 0.3) is 0 Å². The molecule has 1 aliphatic carbocycles. The van der Waals surface area contributed by atoms with Crippen molar-refractivity contribution in [1.82, 2.24) is 4.90 Å². The molecule has 0 atom stereocenters. The summed E-state index contributed by atoms with van der Waals surface area (Å²) in [6, 6.07) is 10.8. The maximum atomic E-state index is 6.12. The van der Waals surface area contributed by atoms with Gasteiger partial charge in [-0.15, -0.1) is 0 Å². The highest BCUT2D eigenvalue weighted by Gasteiger charge is 2.39. The monoisotopic (exact) mass is 230 g/mol. The van der Waals surface area contributed by atoms with Crippen LogP contribution in [0.3, 0.4) is 0 Å². The molecule has 0 radical (unpaired) electrons. The Hall–Kier alpha value is -0.860. The molecule has 2 nitrogen and oxygen atoms in total. The van der Waals surface area contributed by atoms with Crippen LogP contribution in [0.4, 0.5) is 0 Å². The average molecular weight is 230 g/mol. The zero-order chi connectivity index (χ0) is 11.7. The fraction of sp³-hybridized carbons (Fsp3) is 0.600. The summed E-state index contributed by atoms with van der Waals surface area (Å²) in [5, 5.41) is 0. The Morgan fingerprint density at radius 3 is 2.53 bits per heavy atom. The number of rotatable bonds is 5. The highest BCUT2D eigenvalue weighted by atomic mass is 15.2. The van der Waals surface area contributed by atoms with E-state index >= 15 is 0 Å². The molecule has 1 saturated heterocycles. The van der Waals surface area contributed by atoms with Gasteiger partial charge in [-0.3, -0.25) is 4.90 Å². The van der Waals surface area contributed by atoms with Crippen LogP contribution in [0.15, 0.2) is 30.3 Å². The molecule has 1 aromatic carbocycles. The molecule has 17 heavy (non-hydrogen) atoms. The van der Waals surface area contributed by atoms with Gasteiger partial charge in [-0.25, -0.2) is 0 Å². The van der Waals surface area contributed by atoms with Gasteiger partial charge < -0.3 is 5.73 Å². The number of nitrogens with two attached hydrogens (primary N) is 1. The Bertz CT molecular complexity index is 364. The number of likely N-dealkylation sites (tertiary alicyclic amines) is 1. The Morgan fingerprint density at radius 2 is 1.88 bits per heavy atom. The molecular weight excluding hydrogens is 208 g/mol. The fourth-order valence-electron chi connectivity index (χ4n) is 2.73. The van der Waals surface area contributed by atoms with Gasteiger partial charge in [0, 0.05) is 25.2 Å². The van der Waals surface area contributed by atoms with Crippen LogP contribution in [0.2, 0.25) is 0 Å². The summed E-state index contributed by atoms with van der Waals surface area (Å²) < 4.78 is 0. The Morgan fingerprint density at radius 1 is 1.18 bits per heavy atom. The number of nitrogens with zero attached hydrogens (tertiary/aromatic N) is 1. The number of hydrogen-bond donors (Lipinski definition) is 1. The highest BCUT2D eigenvalue weighted by Crippen LogP contribution is 2.38. The lowest BCUT2D eigenvalue weighted by atomic mass is 9.91. The van der Waals surface area contributed by atoms with Gasteiger partial charge in [0.25, 0.3) is 0 Å². The summed E-state index contributed by atoms with van der Waals surface area (Å²) >= 11 is 0. The molecule has 0 bridgehead atoms. The van der Waals surface area contributed by atoms with Crippen molar-refractivity contribution >= 4 is 0 Å². The zero-order valence-corrected chi connectivity index (χ0v) is 10.4. The summed E-state index contributed by atoms with van der Waals surface area (Å²) in [7, 11) is 0. The average Bonchev–Trinajstić information content (AvgIpc) is 3.02. The zero-order valence-electron chi connectivity index (χ0n) is 10.4. The van der Waals surface area contributed by atoms with E-state index in [0.717, 1.165) is 12.5 Å². The summed E-state index contributed by atoms with van der Waals surface area (Å²) in [5.74, 6) is 0.903. The van der Waals surface area contributed by atoms with Gasteiger partial charge >= 0.3 is 0 Å². The summed E-state index contributed by atoms with van der Waals surface area (Å²) in [6.07, 6.45) is 5.10. The Kier molecular flexibility index (Phi) is 2.93. The van der Waals surface area contributed by atoms with Gasteiger partial charge in [-0.05, 0) is 37.2 Å². The van der Waals surface area contributed by atoms with Crippen LogP contribution < -0.4 is 5.73 Å². The first-order chi connectivity index (χ1) is 8.23. The maximum absolute atomic E-state index is 6.12. The van der Waals surface area contributed by atoms with Crippen LogP contribution in [-0.2, 0) is 6.54 Å². The SMILES string of the molecule is NC1(CCC2CN(Cc3ccccc3)C2)CC1. The fourth-order valence-corrected chi connectivity index (χ4v) is 2.73. The van der Waals surface area contributed by atoms with E-state index in [0.29, 0.717) is 0 Å². The van der Waals surface area contributed by atoms with E-state index in [1.165, 1.54) is 44.3 Å². The molecule has 1 aromatic rings. The van der Waals surface area contributed by atoms with Gasteiger partial charge in [0.1, 0.15) is 0 Å². The Balaban J connectivity index is 1.37. The van der Waals surface area contributed by atoms with Gasteiger partial charge in [0.05, 0.1) is 0 Å². The highest BCUT2D eigenvalue weighted by molar-refractivity contribution is 5.14. The topological polar surface area (TPSA) is 29.3 Å². The first-order valence-corrected chi connectivity index (χ1v) is 6.79. The second-order valence-electron chi connectivity index (χ2n) is 5.95. The lowest BCUT2D eigenvalue weighted by Crippen LogP contribution is -2.46. The molecule has 0 unspecified atom stereocenters. The lowest BCUT2D eigenvalue weighted by Gasteiger charge is -2.40. The standard InChI is InChI=1S/C15H22N2/c16-15(8-9-15)7-6-14-11-17(12-14)10-13-4-2-1-3-5-13/h1-5,14H,6-12,16H2. The molecule has 1 saturated carbocycles. The minimum Gasteiger partial charge on any atom is -0.325 e. The molecule has 2 fully saturated rings. The molecule has 2 heteroatoms.